The SMILES string of the molecule is Cn1c(C(F)F)nc2c(C34CC(C(F)(F)F)(C3)C4)nc(Cl)cc2c1=O. The molecule has 0 aromatic carbocycles. The van der Waals surface area contributed by atoms with Gasteiger partial charge in [-0.15, -0.1) is 0 Å². The lowest BCUT2D eigenvalue weighted by atomic mass is 9.34. The van der Waals surface area contributed by atoms with Crippen molar-refractivity contribution in [3.8, 4) is 0 Å². The largest absolute Gasteiger partial charge is 0.394 e. The minimum atomic E-state index is -4.32. The fraction of sp³-hybridized carbons (Fsp3) is 0.533. The van der Waals surface area contributed by atoms with Gasteiger partial charge >= 0.3 is 6.18 Å². The molecule has 0 radical (unpaired) electrons. The van der Waals surface area contributed by atoms with Crippen LogP contribution in [0.15, 0.2) is 10.9 Å². The molecule has 2 bridgehead atoms. The summed E-state index contributed by atoms with van der Waals surface area (Å²) in [6.45, 7) is 0. The van der Waals surface area contributed by atoms with E-state index in [0.29, 0.717) is 4.57 Å². The van der Waals surface area contributed by atoms with Gasteiger partial charge in [0.1, 0.15) is 10.7 Å². The molecular weight excluding hydrogens is 369 g/mol. The highest BCUT2D eigenvalue weighted by Crippen LogP contribution is 2.78. The van der Waals surface area contributed by atoms with E-state index in [1.807, 2.05) is 0 Å². The molecule has 0 unspecified atom stereocenters. The molecule has 0 spiro atoms. The summed E-state index contributed by atoms with van der Waals surface area (Å²) >= 11 is 5.92. The van der Waals surface area contributed by atoms with E-state index in [1.165, 1.54) is 6.07 Å². The number of hydrogen-bond acceptors (Lipinski definition) is 3. The number of nitrogens with zero attached hydrogens (tertiary/aromatic N) is 3. The first-order valence-electron chi connectivity index (χ1n) is 7.42. The number of rotatable bonds is 2. The van der Waals surface area contributed by atoms with Crippen molar-refractivity contribution in [2.24, 2.45) is 12.5 Å². The van der Waals surface area contributed by atoms with Crippen molar-refractivity contribution in [3.05, 3.63) is 33.1 Å². The maximum Gasteiger partial charge on any atom is 0.394 e. The van der Waals surface area contributed by atoms with Crippen molar-refractivity contribution in [2.75, 3.05) is 0 Å². The fourth-order valence-electron chi connectivity index (χ4n) is 4.16. The Balaban J connectivity index is 1.91. The average molecular weight is 380 g/mol. The monoisotopic (exact) mass is 379 g/mol. The number of fused-ring (bicyclic) bond motifs is 1. The fourth-order valence-corrected chi connectivity index (χ4v) is 4.36. The van der Waals surface area contributed by atoms with Crippen LogP contribution in [0.5, 0.6) is 0 Å². The van der Waals surface area contributed by atoms with Crippen LogP contribution < -0.4 is 5.56 Å². The molecule has 25 heavy (non-hydrogen) atoms. The first-order chi connectivity index (χ1) is 11.5. The van der Waals surface area contributed by atoms with Crippen molar-refractivity contribution in [3.63, 3.8) is 0 Å². The number of aromatic nitrogens is 3. The van der Waals surface area contributed by atoms with Gasteiger partial charge in [-0.05, 0) is 25.3 Å². The molecule has 0 amide bonds. The van der Waals surface area contributed by atoms with E-state index in [2.05, 4.69) is 9.97 Å². The van der Waals surface area contributed by atoms with Crippen LogP contribution in [0, 0.1) is 5.41 Å². The van der Waals surface area contributed by atoms with Crippen molar-refractivity contribution in [1.82, 2.24) is 14.5 Å². The Kier molecular flexibility index (Phi) is 3.13. The van der Waals surface area contributed by atoms with E-state index >= 15 is 0 Å². The molecule has 0 aliphatic heterocycles. The average Bonchev–Trinajstić information content (AvgIpc) is 2.38. The van der Waals surface area contributed by atoms with E-state index in [-0.39, 0.29) is 41.0 Å². The van der Waals surface area contributed by atoms with Gasteiger partial charge < -0.3 is 0 Å². The maximum absolute atomic E-state index is 13.1. The molecule has 3 aliphatic carbocycles. The molecule has 2 heterocycles. The van der Waals surface area contributed by atoms with Crippen molar-refractivity contribution >= 4 is 22.5 Å². The summed E-state index contributed by atoms with van der Waals surface area (Å²) in [6.07, 6.45) is -7.88. The van der Waals surface area contributed by atoms with Gasteiger partial charge in [0.05, 0.1) is 16.5 Å². The number of alkyl halides is 5. The minimum absolute atomic E-state index is 0.0207. The topological polar surface area (TPSA) is 47.8 Å². The molecular formula is C15H11ClF5N3O. The zero-order valence-corrected chi connectivity index (χ0v) is 13.5. The van der Waals surface area contributed by atoms with Crippen LogP contribution in [-0.4, -0.2) is 20.7 Å². The van der Waals surface area contributed by atoms with E-state index in [1.54, 1.807) is 0 Å². The summed E-state index contributed by atoms with van der Waals surface area (Å²) in [7, 11) is 1.16. The molecule has 2 aromatic rings. The second-order valence-corrected chi connectivity index (χ2v) is 7.30. The van der Waals surface area contributed by atoms with Crippen LogP contribution in [0.4, 0.5) is 22.0 Å². The normalized spacial score (nSPS) is 28.2. The summed E-state index contributed by atoms with van der Waals surface area (Å²) in [4.78, 5) is 20.3. The van der Waals surface area contributed by atoms with Gasteiger partial charge in [-0.1, -0.05) is 11.6 Å². The van der Waals surface area contributed by atoms with Crippen molar-refractivity contribution in [1.29, 1.82) is 0 Å². The van der Waals surface area contributed by atoms with Gasteiger partial charge in [-0.25, -0.2) is 18.7 Å². The van der Waals surface area contributed by atoms with Crippen molar-refractivity contribution in [2.45, 2.75) is 37.3 Å². The molecule has 3 aliphatic rings. The molecule has 2 aromatic heterocycles. The highest BCUT2D eigenvalue weighted by atomic mass is 35.5. The quantitative estimate of drug-likeness (QED) is 0.587. The van der Waals surface area contributed by atoms with Gasteiger partial charge in [0.2, 0.25) is 0 Å². The smallest absolute Gasteiger partial charge is 0.294 e. The Morgan fingerprint density at radius 2 is 1.84 bits per heavy atom. The van der Waals surface area contributed by atoms with Gasteiger partial charge in [0.25, 0.3) is 12.0 Å². The lowest BCUT2D eigenvalue weighted by molar-refractivity contribution is -0.337. The number of halogens is 6. The third-order valence-corrected chi connectivity index (χ3v) is 5.59. The molecule has 3 fully saturated rings. The Morgan fingerprint density at radius 1 is 1.24 bits per heavy atom. The van der Waals surface area contributed by atoms with E-state index in [9.17, 15) is 26.7 Å². The first-order valence-corrected chi connectivity index (χ1v) is 7.80. The van der Waals surface area contributed by atoms with Crippen LogP contribution in [0.1, 0.15) is 37.2 Å². The van der Waals surface area contributed by atoms with E-state index < -0.39 is 34.8 Å². The Morgan fingerprint density at radius 3 is 2.36 bits per heavy atom. The van der Waals surface area contributed by atoms with Crippen LogP contribution in [0.2, 0.25) is 5.15 Å². The number of hydrogen-bond donors (Lipinski definition) is 0. The molecule has 0 N–H and O–H groups in total. The molecule has 4 nitrogen and oxygen atoms in total. The second kappa shape index (κ2) is 4.69. The summed E-state index contributed by atoms with van der Waals surface area (Å²) in [5, 5.41) is -0.0929. The van der Waals surface area contributed by atoms with Crippen LogP contribution >= 0.6 is 11.6 Å². The lowest BCUT2D eigenvalue weighted by Gasteiger charge is -2.70. The van der Waals surface area contributed by atoms with Gasteiger partial charge in [-0.3, -0.25) is 9.36 Å². The highest BCUT2D eigenvalue weighted by Gasteiger charge is 2.79. The van der Waals surface area contributed by atoms with Crippen LogP contribution in [-0.2, 0) is 12.5 Å². The standard InChI is InChI=1S/C15H11ClF5N3O/c1-24-11(10(17)18)23-8-6(12(24)25)2-7(16)22-9(8)13-3-14(4-13,5-13)15(19,20)21/h2,10H,3-5H2,1H3. The third-order valence-electron chi connectivity index (χ3n) is 5.40. The summed E-state index contributed by atoms with van der Waals surface area (Å²) in [5.41, 5.74) is -3.35. The summed E-state index contributed by atoms with van der Waals surface area (Å²) in [6, 6.07) is 1.20. The van der Waals surface area contributed by atoms with Crippen molar-refractivity contribution < 1.29 is 22.0 Å². The first kappa shape index (κ1) is 16.7. The predicted molar refractivity (Wildman–Crippen MR) is 78.8 cm³/mol. The molecule has 0 saturated heterocycles. The second-order valence-electron chi connectivity index (χ2n) is 6.91. The molecule has 5 rings (SSSR count). The summed E-state index contributed by atoms with van der Waals surface area (Å²) < 4.78 is 66.2. The molecule has 134 valence electrons. The van der Waals surface area contributed by atoms with E-state index in [0.717, 1.165) is 7.05 Å². The van der Waals surface area contributed by atoms with Gasteiger partial charge in [0.15, 0.2) is 5.82 Å². The molecule has 0 atom stereocenters. The predicted octanol–water partition coefficient (Wildman–Crippen LogP) is 3.90. The lowest BCUT2D eigenvalue weighted by Crippen LogP contribution is -2.70. The molecule has 3 saturated carbocycles. The zero-order chi connectivity index (χ0) is 18.4. The Hall–Kier alpha value is -1.77. The number of pyridine rings is 1. The maximum atomic E-state index is 13.1. The minimum Gasteiger partial charge on any atom is -0.294 e. The molecule has 10 heteroatoms. The Bertz CT molecular complexity index is 948. The highest BCUT2D eigenvalue weighted by molar-refractivity contribution is 6.30. The summed E-state index contributed by atoms with van der Waals surface area (Å²) in [5.74, 6) is -0.750. The van der Waals surface area contributed by atoms with E-state index in [4.69, 9.17) is 11.6 Å². The zero-order valence-electron chi connectivity index (χ0n) is 12.8. The van der Waals surface area contributed by atoms with Gasteiger partial charge in [0, 0.05) is 12.5 Å². The third kappa shape index (κ3) is 2.01. The Labute approximate surface area is 142 Å². The van der Waals surface area contributed by atoms with Crippen LogP contribution in [0.3, 0.4) is 0 Å². The van der Waals surface area contributed by atoms with Gasteiger partial charge in [-0.2, -0.15) is 13.2 Å². The van der Waals surface area contributed by atoms with Crippen LogP contribution in [0.25, 0.3) is 10.9 Å².